The van der Waals surface area contributed by atoms with E-state index in [1.807, 2.05) is 19.1 Å². The van der Waals surface area contributed by atoms with Crippen LogP contribution in [0.1, 0.15) is 5.56 Å². The van der Waals surface area contributed by atoms with Gasteiger partial charge < -0.3 is 5.73 Å². The lowest BCUT2D eigenvalue weighted by atomic mass is 10.1. The van der Waals surface area contributed by atoms with Crippen LogP contribution in [0.5, 0.6) is 0 Å². The normalized spacial score (nSPS) is 10.4. The summed E-state index contributed by atoms with van der Waals surface area (Å²) in [5.74, 6) is 0. The Morgan fingerprint density at radius 2 is 2.17 bits per heavy atom. The van der Waals surface area contributed by atoms with E-state index < -0.39 is 0 Å². The van der Waals surface area contributed by atoms with Crippen molar-refractivity contribution in [1.29, 1.82) is 0 Å². The van der Waals surface area contributed by atoms with Crippen LogP contribution in [0, 0.1) is 6.92 Å². The van der Waals surface area contributed by atoms with Gasteiger partial charge in [0.15, 0.2) is 0 Å². The molecular weight excluding hydrogens is 150 g/mol. The van der Waals surface area contributed by atoms with Crippen molar-refractivity contribution >= 4 is 16.6 Å². The minimum Gasteiger partial charge on any atom is -0.398 e. The summed E-state index contributed by atoms with van der Waals surface area (Å²) < 4.78 is 0. The second kappa shape index (κ2) is 2.44. The fourth-order valence-electron chi connectivity index (χ4n) is 1.19. The van der Waals surface area contributed by atoms with Crippen LogP contribution in [0.15, 0.2) is 24.7 Å². The number of hydrogen-bond donors (Lipinski definition) is 1. The number of nitrogen functional groups attached to an aromatic ring is 1. The molecule has 60 valence electrons. The largest absolute Gasteiger partial charge is 0.398 e. The highest BCUT2D eigenvalue weighted by Crippen LogP contribution is 2.20. The lowest BCUT2D eigenvalue weighted by Gasteiger charge is -2.02. The molecule has 12 heavy (non-hydrogen) atoms. The average molecular weight is 159 g/mol. The average Bonchev–Trinajstić information content (AvgIpc) is 2.12. The van der Waals surface area contributed by atoms with E-state index in [0.717, 1.165) is 22.2 Å². The van der Waals surface area contributed by atoms with Crippen LogP contribution in [-0.2, 0) is 0 Å². The molecule has 2 rings (SSSR count). The molecule has 1 aromatic heterocycles. The quantitative estimate of drug-likeness (QED) is 0.593. The third-order valence-electron chi connectivity index (χ3n) is 1.95. The van der Waals surface area contributed by atoms with Crippen LogP contribution in [0.2, 0.25) is 0 Å². The van der Waals surface area contributed by atoms with Crippen molar-refractivity contribution in [3.8, 4) is 0 Å². The van der Waals surface area contributed by atoms with Gasteiger partial charge in [-0.3, -0.25) is 0 Å². The van der Waals surface area contributed by atoms with Gasteiger partial charge in [0.25, 0.3) is 0 Å². The highest BCUT2D eigenvalue weighted by molar-refractivity contribution is 5.90. The van der Waals surface area contributed by atoms with E-state index in [4.69, 9.17) is 5.73 Å². The molecule has 2 aromatic rings. The van der Waals surface area contributed by atoms with Crippen molar-refractivity contribution < 1.29 is 0 Å². The first-order chi connectivity index (χ1) is 5.79. The molecule has 0 radical (unpaired) electrons. The maximum absolute atomic E-state index is 5.84. The number of nitrogens with two attached hydrogens (primary N) is 1. The van der Waals surface area contributed by atoms with E-state index in [2.05, 4.69) is 9.97 Å². The molecule has 0 saturated carbocycles. The molecule has 0 atom stereocenters. The standard InChI is InChI=1S/C9H9N3/c1-6-2-3-8-7(9(6)10)4-11-5-12-8/h2-5H,10H2,1H3. The number of aromatic nitrogens is 2. The lowest BCUT2D eigenvalue weighted by molar-refractivity contribution is 1.22. The van der Waals surface area contributed by atoms with E-state index in [-0.39, 0.29) is 0 Å². The van der Waals surface area contributed by atoms with Crippen LogP contribution >= 0.6 is 0 Å². The first-order valence-electron chi connectivity index (χ1n) is 3.74. The molecule has 2 N–H and O–H groups in total. The Labute approximate surface area is 70.3 Å². The molecule has 3 heteroatoms. The number of fused-ring (bicyclic) bond motifs is 1. The molecule has 0 aliphatic carbocycles. The maximum atomic E-state index is 5.84. The Hall–Kier alpha value is -1.64. The predicted molar refractivity (Wildman–Crippen MR) is 48.7 cm³/mol. The van der Waals surface area contributed by atoms with Crippen LogP contribution in [0.4, 0.5) is 5.69 Å². The Kier molecular flexibility index (Phi) is 1.43. The van der Waals surface area contributed by atoms with Crippen LogP contribution in [-0.4, -0.2) is 9.97 Å². The summed E-state index contributed by atoms with van der Waals surface area (Å²) in [6.45, 7) is 1.97. The zero-order valence-electron chi connectivity index (χ0n) is 6.78. The molecule has 0 spiro atoms. The Morgan fingerprint density at radius 1 is 1.33 bits per heavy atom. The summed E-state index contributed by atoms with van der Waals surface area (Å²) in [6.07, 6.45) is 3.27. The van der Waals surface area contributed by atoms with E-state index in [9.17, 15) is 0 Å². The topological polar surface area (TPSA) is 51.8 Å². The van der Waals surface area contributed by atoms with E-state index in [1.54, 1.807) is 6.20 Å². The van der Waals surface area contributed by atoms with E-state index in [1.165, 1.54) is 6.33 Å². The molecule has 0 unspecified atom stereocenters. The van der Waals surface area contributed by atoms with Crippen molar-refractivity contribution in [1.82, 2.24) is 9.97 Å². The Morgan fingerprint density at radius 3 is 3.00 bits per heavy atom. The summed E-state index contributed by atoms with van der Waals surface area (Å²) in [5, 5.41) is 0.928. The highest BCUT2D eigenvalue weighted by atomic mass is 14.8. The van der Waals surface area contributed by atoms with Gasteiger partial charge in [-0.2, -0.15) is 0 Å². The summed E-state index contributed by atoms with van der Waals surface area (Å²) in [7, 11) is 0. The first kappa shape index (κ1) is 7.03. The molecule has 1 heterocycles. The fraction of sp³-hybridized carbons (Fsp3) is 0.111. The number of hydrogen-bond acceptors (Lipinski definition) is 3. The zero-order valence-corrected chi connectivity index (χ0v) is 6.78. The van der Waals surface area contributed by atoms with Gasteiger partial charge in [0.2, 0.25) is 0 Å². The highest BCUT2D eigenvalue weighted by Gasteiger charge is 2.00. The van der Waals surface area contributed by atoms with Crippen LogP contribution < -0.4 is 5.73 Å². The van der Waals surface area contributed by atoms with Gasteiger partial charge in [-0.05, 0) is 18.6 Å². The van der Waals surface area contributed by atoms with Crippen molar-refractivity contribution in [3.05, 3.63) is 30.2 Å². The van der Waals surface area contributed by atoms with Crippen molar-refractivity contribution in [3.63, 3.8) is 0 Å². The molecular formula is C9H9N3. The third-order valence-corrected chi connectivity index (χ3v) is 1.95. The smallest absolute Gasteiger partial charge is 0.116 e. The SMILES string of the molecule is Cc1ccc2ncncc2c1N. The molecule has 0 saturated heterocycles. The van der Waals surface area contributed by atoms with Gasteiger partial charge in [0.1, 0.15) is 6.33 Å². The maximum Gasteiger partial charge on any atom is 0.116 e. The van der Waals surface area contributed by atoms with Gasteiger partial charge in [-0.25, -0.2) is 9.97 Å². The zero-order chi connectivity index (χ0) is 8.55. The van der Waals surface area contributed by atoms with Gasteiger partial charge in [-0.1, -0.05) is 6.07 Å². The summed E-state index contributed by atoms with van der Waals surface area (Å²) in [6, 6.07) is 3.91. The molecule has 0 bridgehead atoms. The molecule has 0 fully saturated rings. The number of nitrogens with zero attached hydrogens (tertiary/aromatic N) is 2. The predicted octanol–water partition coefficient (Wildman–Crippen LogP) is 1.52. The summed E-state index contributed by atoms with van der Waals surface area (Å²) >= 11 is 0. The molecule has 0 aliphatic heterocycles. The minimum atomic E-state index is 0.771. The Bertz CT molecular complexity index is 423. The summed E-state index contributed by atoms with van der Waals surface area (Å²) in [5.41, 5.74) is 8.57. The van der Waals surface area contributed by atoms with E-state index in [0.29, 0.717) is 0 Å². The number of benzene rings is 1. The van der Waals surface area contributed by atoms with Gasteiger partial charge in [0, 0.05) is 17.3 Å². The molecule has 0 aliphatic rings. The van der Waals surface area contributed by atoms with Crippen LogP contribution in [0.25, 0.3) is 10.9 Å². The second-order valence-electron chi connectivity index (χ2n) is 2.75. The molecule has 3 nitrogen and oxygen atoms in total. The van der Waals surface area contributed by atoms with Crippen molar-refractivity contribution in [2.24, 2.45) is 0 Å². The van der Waals surface area contributed by atoms with Gasteiger partial charge in [0.05, 0.1) is 5.52 Å². The fourth-order valence-corrected chi connectivity index (χ4v) is 1.19. The summed E-state index contributed by atoms with van der Waals surface area (Å²) in [4.78, 5) is 8.02. The van der Waals surface area contributed by atoms with Crippen molar-refractivity contribution in [2.75, 3.05) is 5.73 Å². The molecule has 0 amide bonds. The number of rotatable bonds is 0. The van der Waals surface area contributed by atoms with Gasteiger partial charge >= 0.3 is 0 Å². The first-order valence-corrected chi connectivity index (χ1v) is 3.74. The van der Waals surface area contributed by atoms with Crippen LogP contribution in [0.3, 0.4) is 0 Å². The third kappa shape index (κ3) is 0.906. The minimum absolute atomic E-state index is 0.771. The van der Waals surface area contributed by atoms with Crippen molar-refractivity contribution in [2.45, 2.75) is 6.92 Å². The lowest BCUT2D eigenvalue weighted by Crippen LogP contribution is -1.92. The van der Waals surface area contributed by atoms with Gasteiger partial charge in [-0.15, -0.1) is 0 Å². The second-order valence-corrected chi connectivity index (χ2v) is 2.75. The number of aryl methyl sites for hydroxylation is 1. The van der Waals surface area contributed by atoms with E-state index >= 15 is 0 Å². The Balaban J connectivity index is 2.91. The monoisotopic (exact) mass is 159 g/mol. The molecule has 1 aromatic carbocycles. The number of anilines is 1.